The van der Waals surface area contributed by atoms with E-state index in [9.17, 15) is 4.79 Å². The van der Waals surface area contributed by atoms with Gasteiger partial charge in [0.05, 0.1) is 11.8 Å². The minimum Gasteiger partial charge on any atom is -0.305 e. The zero-order valence-corrected chi connectivity index (χ0v) is 7.56. The molecule has 0 aliphatic rings. The first-order valence-electron chi connectivity index (χ1n) is 4.05. The van der Waals surface area contributed by atoms with E-state index in [2.05, 4.69) is 20.6 Å². The number of rotatable bonds is 2. The van der Waals surface area contributed by atoms with Gasteiger partial charge in [-0.15, -0.1) is 0 Å². The molecule has 2 aromatic rings. The first-order valence-corrected chi connectivity index (χ1v) is 4.05. The summed E-state index contributed by atoms with van der Waals surface area (Å²) in [5, 5.41) is 12.9. The third-order valence-corrected chi connectivity index (χ3v) is 1.72. The van der Waals surface area contributed by atoms with Crippen molar-refractivity contribution < 1.29 is 4.79 Å². The largest absolute Gasteiger partial charge is 0.305 e. The van der Waals surface area contributed by atoms with Crippen LogP contribution >= 0.6 is 0 Å². The molecule has 0 saturated heterocycles. The SMILES string of the molecule is Cn1ccc(NC(=O)c2cn[nH]c2)n1. The van der Waals surface area contributed by atoms with Crippen LogP contribution in [0.15, 0.2) is 24.7 Å². The van der Waals surface area contributed by atoms with Crippen molar-refractivity contribution in [2.45, 2.75) is 0 Å². The maximum atomic E-state index is 11.5. The van der Waals surface area contributed by atoms with Gasteiger partial charge in [0, 0.05) is 25.5 Å². The van der Waals surface area contributed by atoms with Gasteiger partial charge in [0.1, 0.15) is 0 Å². The van der Waals surface area contributed by atoms with E-state index in [1.807, 2.05) is 0 Å². The summed E-state index contributed by atoms with van der Waals surface area (Å²) in [4.78, 5) is 11.5. The highest BCUT2D eigenvalue weighted by Crippen LogP contribution is 2.03. The molecule has 72 valence electrons. The van der Waals surface area contributed by atoms with Crippen molar-refractivity contribution in [3.05, 3.63) is 30.2 Å². The predicted molar refractivity (Wildman–Crippen MR) is 49.7 cm³/mol. The molecule has 0 atom stereocenters. The van der Waals surface area contributed by atoms with Crippen molar-refractivity contribution in [1.82, 2.24) is 20.0 Å². The molecule has 0 aromatic carbocycles. The lowest BCUT2D eigenvalue weighted by molar-refractivity contribution is 0.102. The number of hydrogen-bond donors (Lipinski definition) is 2. The van der Waals surface area contributed by atoms with Gasteiger partial charge in [0.25, 0.3) is 5.91 Å². The molecule has 0 unspecified atom stereocenters. The van der Waals surface area contributed by atoms with Crippen LogP contribution in [0.1, 0.15) is 10.4 Å². The zero-order valence-electron chi connectivity index (χ0n) is 7.56. The van der Waals surface area contributed by atoms with Crippen molar-refractivity contribution in [1.29, 1.82) is 0 Å². The summed E-state index contributed by atoms with van der Waals surface area (Å²) in [5.41, 5.74) is 0.482. The first kappa shape index (κ1) is 8.49. The van der Waals surface area contributed by atoms with E-state index < -0.39 is 0 Å². The van der Waals surface area contributed by atoms with Gasteiger partial charge in [-0.1, -0.05) is 0 Å². The fourth-order valence-electron chi connectivity index (χ4n) is 1.05. The van der Waals surface area contributed by atoms with E-state index in [-0.39, 0.29) is 5.91 Å². The van der Waals surface area contributed by atoms with Gasteiger partial charge in [-0.2, -0.15) is 10.2 Å². The Morgan fingerprint density at radius 2 is 2.50 bits per heavy atom. The quantitative estimate of drug-likeness (QED) is 0.721. The second-order valence-corrected chi connectivity index (χ2v) is 2.82. The van der Waals surface area contributed by atoms with E-state index >= 15 is 0 Å². The average molecular weight is 191 g/mol. The van der Waals surface area contributed by atoms with E-state index in [0.717, 1.165) is 0 Å². The average Bonchev–Trinajstić information content (AvgIpc) is 2.75. The minimum atomic E-state index is -0.225. The van der Waals surface area contributed by atoms with Gasteiger partial charge in [0.15, 0.2) is 5.82 Å². The number of anilines is 1. The van der Waals surface area contributed by atoms with Gasteiger partial charge in [0.2, 0.25) is 0 Å². The monoisotopic (exact) mass is 191 g/mol. The Bertz CT molecular complexity index is 430. The Hall–Kier alpha value is -2.11. The van der Waals surface area contributed by atoms with E-state index in [1.54, 1.807) is 24.0 Å². The number of nitrogens with zero attached hydrogens (tertiary/aromatic N) is 3. The second kappa shape index (κ2) is 3.33. The number of aromatic amines is 1. The zero-order chi connectivity index (χ0) is 9.97. The number of aromatic nitrogens is 4. The summed E-state index contributed by atoms with van der Waals surface area (Å²) >= 11 is 0. The highest BCUT2D eigenvalue weighted by Gasteiger charge is 2.07. The molecular formula is C8H9N5O. The minimum absolute atomic E-state index is 0.225. The molecular weight excluding hydrogens is 182 g/mol. The topological polar surface area (TPSA) is 75.6 Å². The molecule has 14 heavy (non-hydrogen) atoms. The summed E-state index contributed by atoms with van der Waals surface area (Å²) in [7, 11) is 1.79. The molecule has 0 spiro atoms. The normalized spacial score (nSPS) is 10.1. The lowest BCUT2D eigenvalue weighted by atomic mass is 10.3. The highest BCUT2D eigenvalue weighted by molar-refractivity contribution is 6.03. The predicted octanol–water partition coefficient (Wildman–Crippen LogP) is 0.395. The lowest BCUT2D eigenvalue weighted by Gasteiger charge is -1.97. The van der Waals surface area contributed by atoms with Crippen molar-refractivity contribution in [3.8, 4) is 0 Å². The molecule has 2 N–H and O–H groups in total. The molecule has 0 saturated carbocycles. The second-order valence-electron chi connectivity index (χ2n) is 2.82. The highest BCUT2D eigenvalue weighted by atomic mass is 16.1. The van der Waals surface area contributed by atoms with Crippen LogP contribution in [0.25, 0.3) is 0 Å². The summed E-state index contributed by atoms with van der Waals surface area (Å²) in [6.45, 7) is 0. The van der Waals surface area contributed by atoms with Gasteiger partial charge in [-0.25, -0.2) is 0 Å². The summed E-state index contributed by atoms with van der Waals surface area (Å²) in [5.74, 6) is 0.302. The maximum absolute atomic E-state index is 11.5. The number of hydrogen-bond acceptors (Lipinski definition) is 3. The third-order valence-electron chi connectivity index (χ3n) is 1.72. The molecule has 6 nitrogen and oxygen atoms in total. The molecule has 2 rings (SSSR count). The van der Waals surface area contributed by atoms with Crippen molar-refractivity contribution in [2.75, 3.05) is 5.32 Å². The van der Waals surface area contributed by atoms with Crippen molar-refractivity contribution in [2.24, 2.45) is 7.05 Å². The molecule has 0 aliphatic heterocycles. The van der Waals surface area contributed by atoms with Crippen LogP contribution in [0.3, 0.4) is 0 Å². The first-order chi connectivity index (χ1) is 6.75. The third kappa shape index (κ3) is 1.63. The van der Waals surface area contributed by atoms with Crippen LogP contribution in [0.5, 0.6) is 0 Å². The molecule has 0 radical (unpaired) electrons. The number of H-pyrrole nitrogens is 1. The van der Waals surface area contributed by atoms with Gasteiger partial charge in [-0.05, 0) is 0 Å². The van der Waals surface area contributed by atoms with E-state index in [4.69, 9.17) is 0 Å². The molecule has 6 heteroatoms. The fourth-order valence-corrected chi connectivity index (χ4v) is 1.05. The van der Waals surface area contributed by atoms with Crippen LogP contribution in [0.4, 0.5) is 5.82 Å². The number of carbonyl (C=O) groups excluding carboxylic acids is 1. The van der Waals surface area contributed by atoms with Crippen LogP contribution in [-0.2, 0) is 7.05 Å². The van der Waals surface area contributed by atoms with Crippen molar-refractivity contribution in [3.63, 3.8) is 0 Å². The molecule has 2 heterocycles. The van der Waals surface area contributed by atoms with Crippen LogP contribution in [0.2, 0.25) is 0 Å². The molecule has 0 fully saturated rings. The molecule has 2 aromatic heterocycles. The molecule has 0 bridgehead atoms. The van der Waals surface area contributed by atoms with Crippen LogP contribution < -0.4 is 5.32 Å². The summed E-state index contributed by atoms with van der Waals surface area (Å²) in [6, 6.07) is 1.72. The van der Waals surface area contributed by atoms with E-state index in [0.29, 0.717) is 11.4 Å². The summed E-state index contributed by atoms with van der Waals surface area (Å²) in [6.07, 6.45) is 4.74. The Balaban J connectivity index is 2.09. The lowest BCUT2D eigenvalue weighted by Crippen LogP contribution is -2.11. The number of aryl methyl sites for hydroxylation is 1. The Kier molecular flexibility index (Phi) is 2.02. The van der Waals surface area contributed by atoms with Gasteiger partial charge >= 0.3 is 0 Å². The Morgan fingerprint density at radius 3 is 3.07 bits per heavy atom. The van der Waals surface area contributed by atoms with E-state index in [1.165, 1.54) is 12.4 Å². The van der Waals surface area contributed by atoms with Gasteiger partial charge in [-0.3, -0.25) is 14.6 Å². The maximum Gasteiger partial charge on any atom is 0.260 e. The summed E-state index contributed by atoms with van der Waals surface area (Å²) < 4.78 is 1.62. The fraction of sp³-hybridized carbons (Fsp3) is 0.125. The number of nitrogens with one attached hydrogen (secondary N) is 2. The number of amides is 1. The standard InChI is InChI=1S/C8H9N5O/c1-13-3-2-7(12-13)11-8(14)6-4-9-10-5-6/h2-5H,1H3,(H,9,10)(H,11,12,14). The Labute approximate surface area is 79.9 Å². The Morgan fingerprint density at radius 1 is 1.64 bits per heavy atom. The molecule has 0 aliphatic carbocycles. The van der Waals surface area contributed by atoms with Crippen LogP contribution in [0, 0.1) is 0 Å². The molecule has 1 amide bonds. The van der Waals surface area contributed by atoms with Gasteiger partial charge < -0.3 is 5.32 Å². The van der Waals surface area contributed by atoms with Crippen LogP contribution in [-0.4, -0.2) is 25.9 Å². The number of carbonyl (C=O) groups is 1. The smallest absolute Gasteiger partial charge is 0.260 e. The van der Waals surface area contributed by atoms with Crippen molar-refractivity contribution >= 4 is 11.7 Å².